The van der Waals surface area contributed by atoms with Gasteiger partial charge < -0.3 is 5.32 Å². The highest BCUT2D eigenvalue weighted by Crippen LogP contribution is 2.20. The number of benzene rings is 2. The van der Waals surface area contributed by atoms with E-state index in [0.717, 1.165) is 16.9 Å². The summed E-state index contributed by atoms with van der Waals surface area (Å²) in [5.41, 5.74) is 3.52. The fraction of sp³-hybridized carbons (Fsp3) is 0.0625. The van der Waals surface area contributed by atoms with Crippen molar-refractivity contribution in [2.45, 2.75) is 6.54 Å². The molecule has 0 radical (unpaired) electrons. The molecule has 106 valence electrons. The minimum atomic E-state index is -0.302. The lowest BCUT2D eigenvalue weighted by atomic mass is 10.1. The molecule has 0 saturated heterocycles. The Morgan fingerprint density at radius 2 is 1.90 bits per heavy atom. The summed E-state index contributed by atoms with van der Waals surface area (Å²) >= 11 is 5.73. The lowest BCUT2D eigenvalue weighted by molar-refractivity contribution is 0.613. The highest BCUT2D eigenvalue weighted by Gasteiger charge is 2.03. The van der Waals surface area contributed by atoms with E-state index in [4.69, 9.17) is 11.6 Å². The van der Waals surface area contributed by atoms with E-state index < -0.39 is 0 Å². The van der Waals surface area contributed by atoms with E-state index in [1.165, 1.54) is 6.07 Å². The number of anilines is 1. The molecule has 5 heteroatoms. The third-order valence-corrected chi connectivity index (χ3v) is 3.43. The van der Waals surface area contributed by atoms with Crippen LogP contribution in [0.3, 0.4) is 0 Å². The topological polar surface area (TPSA) is 40.7 Å². The molecule has 3 nitrogen and oxygen atoms in total. The van der Waals surface area contributed by atoms with Crippen LogP contribution >= 0.6 is 11.6 Å². The molecule has 2 N–H and O–H groups in total. The zero-order chi connectivity index (χ0) is 14.7. The van der Waals surface area contributed by atoms with E-state index >= 15 is 0 Å². The van der Waals surface area contributed by atoms with Crippen molar-refractivity contribution < 1.29 is 4.39 Å². The molecule has 1 heterocycles. The molecule has 0 atom stereocenters. The smallest absolute Gasteiger partial charge is 0.129 e. The molecule has 0 unspecified atom stereocenters. The van der Waals surface area contributed by atoms with Gasteiger partial charge in [-0.25, -0.2) is 4.39 Å². The Labute approximate surface area is 126 Å². The molecule has 0 aliphatic rings. The van der Waals surface area contributed by atoms with Crippen LogP contribution in [0, 0.1) is 5.82 Å². The van der Waals surface area contributed by atoms with E-state index in [9.17, 15) is 4.39 Å². The van der Waals surface area contributed by atoms with Crippen LogP contribution in [-0.2, 0) is 6.54 Å². The molecule has 0 aliphatic heterocycles. The van der Waals surface area contributed by atoms with Gasteiger partial charge in [-0.05, 0) is 35.9 Å². The van der Waals surface area contributed by atoms with Gasteiger partial charge in [0, 0.05) is 29.0 Å². The Kier molecular flexibility index (Phi) is 3.88. The molecule has 21 heavy (non-hydrogen) atoms. The number of halogens is 2. The second-order valence-electron chi connectivity index (χ2n) is 4.64. The highest BCUT2D eigenvalue weighted by molar-refractivity contribution is 6.30. The SMILES string of the molecule is Fc1cc(Cl)ccc1CNc1ccc(-c2ccn[nH]2)cc1. The second-order valence-corrected chi connectivity index (χ2v) is 5.07. The standard InChI is InChI=1S/C16H13ClFN3/c17-13-4-1-12(15(18)9-13)10-19-14-5-2-11(3-6-14)16-7-8-20-21-16/h1-9,19H,10H2,(H,20,21). The van der Waals surface area contributed by atoms with Gasteiger partial charge in [0.25, 0.3) is 0 Å². The van der Waals surface area contributed by atoms with Gasteiger partial charge in [-0.15, -0.1) is 0 Å². The summed E-state index contributed by atoms with van der Waals surface area (Å²) in [6, 6.07) is 14.5. The summed E-state index contributed by atoms with van der Waals surface area (Å²) in [6.07, 6.45) is 1.71. The van der Waals surface area contributed by atoms with Crippen LogP contribution in [0.2, 0.25) is 5.02 Å². The molecular weight excluding hydrogens is 289 g/mol. The predicted molar refractivity (Wildman–Crippen MR) is 82.8 cm³/mol. The molecule has 0 amide bonds. The molecule has 0 fully saturated rings. The van der Waals surface area contributed by atoms with Crippen LogP contribution < -0.4 is 5.32 Å². The van der Waals surface area contributed by atoms with Gasteiger partial charge >= 0.3 is 0 Å². The Morgan fingerprint density at radius 1 is 1.10 bits per heavy atom. The van der Waals surface area contributed by atoms with E-state index in [2.05, 4.69) is 15.5 Å². The predicted octanol–water partition coefficient (Wildman–Crippen LogP) is 4.48. The molecule has 3 rings (SSSR count). The van der Waals surface area contributed by atoms with Crippen LogP contribution in [0.25, 0.3) is 11.3 Å². The van der Waals surface area contributed by atoms with E-state index in [1.54, 1.807) is 18.3 Å². The Bertz CT molecular complexity index is 724. The zero-order valence-corrected chi connectivity index (χ0v) is 11.9. The summed E-state index contributed by atoms with van der Waals surface area (Å²) < 4.78 is 13.7. The van der Waals surface area contributed by atoms with E-state index in [1.807, 2.05) is 30.3 Å². The molecule has 1 aromatic heterocycles. The molecule has 0 aliphatic carbocycles. The molecule has 0 spiro atoms. The summed E-state index contributed by atoms with van der Waals surface area (Å²) in [5.74, 6) is -0.302. The first-order valence-electron chi connectivity index (χ1n) is 6.50. The van der Waals surface area contributed by atoms with Gasteiger partial charge in [-0.3, -0.25) is 5.10 Å². The average molecular weight is 302 g/mol. The fourth-order valence-corrected chi connectivity index (χ4v) is 2.21. The van der Waals surface area contributed by atoms with E-state index in [0.29, 0.717) is 17.1 Å². The maximum Gasteiger partial charge on any atom is 0.129 e. The number of aromatic nitrogens is 2. The maximum absolute atomic E-state index is 13.7. The monoisotopic (exact) mass is 301 g/mol. The number of H-pyrrole nitrogens is 1. The fourth-order valence-electron chi connectivity index (χ4n) is 2.05. The second kappa shape index (κ2) is 5.97. The zero-order valence-electron chi connectivity index (χ0n) is 11.1. The van der Waals surface area contributed by atoms with Crippen molar-refractivity contribution >= 4 is 17.3 Å². The minimum absolute atomic E-state index is 0.302. The van der Waals surface area contributed by atoms with Gasteiger partial charge in [0.2, 0.25) is 0 Å². The minimum Gasteiger partial charge on any atom is -0.381 e. The number of nitrogens with one attached hydrogen (secondary N) is 2. The first-order valence-corrected chi connectivity index (χ1v) is 6.88. The first kappa shape index (κ1) is 13.6. The van der Waals surface area contributed by atoms with Crippen molar-refractivity contribution in [3.63, 3.8) is 0 Å². The van der Waals surface area contributed by atoms with Crippen molar-refractivity contribution in [1.29, 1.82) is 0 Å². The number of rotatable bonds is 4. The summed E-state index contributed by atoms with van der Waals surface area (Å²) in [7, 11) is 0. The Balaban J connectivity index is 1.68. The van der Waals surface area contributed by atoms with Crippen LogP contribution in [-0.4, -0.2) is 10.2 Å². The average Bonchev–Trinajstić information content (AvgIpc) is 3.01. The van der Waals surface area contributed by atoms with Gasteiger partial charge in [-0.1, -0.05) is 29.8 Å². The van der Waals surface area contributed by atoms with Crippen molar-refractivity contribution in [1.82, 2.24) is 10.2 Å². The molecule has 0 bridgehead atoms. The number of aromatic amines is 1. The summed E-state index contributed by atoms with van der Waals surface area (Å²) in [5, 5.41) is 10.4. The molecule has 0 saturated carbocycles. The quantitative estimate of drug-likeness (QED) is 0.746. The van der Waals surface area contributed by atoms with Crippen LogP contribution in [0.15, 0.2) is 54.7 Å². The number of nitrogens with zero attached hydrogens (tertiary/aromatic N) is 1. The van der Waals surface area contributed by atoms with E-state index in [-0.39, 0.29) is 5.82 Å². The van der Waals surface area contributed by atoms with Crippen LogP contribution in [0.5, 0.6) is 0 Å². The van der Waals surface area contributed by atoms with Crippen molar-refractivity contribution in [2.24, 2.45) is 0 Å². The third kappa shape index (κ3) is 3.23. The number of hydrogen-bond acceptors (Lipinski definition) is 2. The van der Waals surface area contributed by atoms with Crippen molar-refractivity contribution in [3.8, 4) is 11.3 Å². The maximum atomic E-state index is 13.7. The number of hydrogen-bond donors (Lipinski definition) is 2. The largest absolute Gasteiger partial charge is 0.381 e. The van der Waals surface area contributed by atoms with Gasteiger partial charge in [0.1, 0.15) is 5.82 Å². The summed E-state index contributed by atoms with van der Waals surface area (Å²) in [6.45, 7) is 0.409. The summed E-state index contributed by atoms with van der Waals surface area (Å²) in [4.78, 5) is 0. The van der Waals surface area contributed by atoms with Crippen LogP contribution in [0.1, 0.15) is 5.56 Å². The Morgan fingerprint density at radius 3 is 2.57 bits per heavy atom. The van der Waals surface area contributed by atoms with Crippen molar-refractivity contribution in [2.75, 3.05) is 5.32 Å². The van der Waals surface area contributed by atoms with Gasteiger partial charge in [0.15, 0.2) is 0 Å². The molecule has 2 aromatic carbocycles. The van der Waals surface area contributed by atoms with Gasteiger partial charge in [0.05, 0.1) is 5.69 Å². The lowest BCUT2D eigenvalue weighted by Crippen LogP contribution is -2.01. The molecular formula is C16H13ClFN3. The first-order chi connectivity index (χ1) is 10.2. The van der Waals surface area contributed by atoms with Crippen LogP contribution in [0.4, 0.5) is 10.1 Å². The van der Waals surface area contributed by atoms with Crippen molar-refractivity contribution in [3.05, 3.63) is 71.1 Å². The highest BCUT2D eigenvalue weighted by atomic mass is 35.5. The lowest BCUT2D eigenvalue weighted by Gasteiger charge is -2.08. The normalized spacial score (nSPS) is 10.6. The Hall–Kier alpha value is -2.33. The molecule has 3 aromatic rings. The third-order valence-electron chi connectivity index (χ3n) is 3.19. The van der Waals surface area contributed by atoms with Gasteiger partial charge in [-0.2, -0.15) is 5.10 Å².